The highest BCUT2D eigenvalue weighted by Gasteiger charge is 2.19. The molecule has 2 atom stereocenters. The molecular weight excluding hydrogens is 440 g/mol. The summed E-state index contributed by atoms with van der Waals surface area (Å²) in [6.45, 7) is 0.843. The number of ether oxygens (including phenoxy) is 2. The van der Waals surface area contributed by atoms with Crippen molar-refractivity contribution in [2.24, 2.45) is 12.8 Å². The van der Waals surface area contributed by atoms with E-state index < -0.39 is 12.0 Å². The molecule has 2 aromatic heterocycles. The van der Waals surface area contributed by atoms with Crippen LogP contribution in [0.5, 0.6) is 5.75 Å². The molecule has 3 N–H and O–H groups in total. The number of alkyl halides is 1. The van der Waals surface area contributed by atoms with Gasteiger partial charge in [0, 0.05) is 42.9 Å². The lowest BCUT2D eigenvalue weighted by Crippen LogP contribution is -2.32. The van der Waals surface area contributed by atoms with Gasteiger partial charge in [0.1, 0.15) is 28.4 Å². The number of hydrogen-bond acceptors (Lipinski definition) is 7. The van der Waals surface area contributed by atoms with E-state index in [9.17, 15) is 13.6 Å². The van der Waals surface area contributed by atoms with Gasteiger partial charge in [-0.15, -0.1) is 11.3 Å². The first-order chi connectivity index (χ1) is 15.4. The average molecular weight is 466 g/mol. The van der Waals surface area contributed by atoms with E-state index in [0.29, 0.717) is 28.6 Å². The SMILES string of the molecule is COc1ccc(-c2nc(C(=O)Nc3cnn(C)c3)cs2)c(F)c1.NC1CCCOCC1F. The maximum atomic E-state index is 14.1. The van der Waals surface area contributed by atoms with E-state index in [2.05, 4.69) is 15.4 Å². The quantitative estimate of drug-likeness (QED) is 0.612. The minimum atomic E-state index is -0.951. The minimum absolute atomic E-state index is 0.182. The Labute approximate surface area is 188 Å². The normalized spacial score (nSPS) is 18.3. The van der Waals surface area contributed by atoms with Gasteiger partial charge in [-0.3, -0.25) is 9.48 Å². The summed E-state index contributed by atoms with van der Waals surface area (Å²) in [5, 5.41) is 8.67. The fraction of sp³-hybridized carbons (Fsp3) is 0.381. The number of methoxy groups -OCH3 is 1. The van der Waals surface area contributed by atoms with Gasteiger partial charge in [0.15, 0.2) is 0 Å². The van der Waals surface area contributed by atoms with Crippen LogP contribution < -0.4 is 15.8 Å². The Kier molecular flexibility index (Phi) is 8.26. The van der Waals surface area contributed by atoms with Crippen LogP contribution in [0.25, 0.3) is 10.6 Å². The van der Waals surface area contributed by atoms with Crippen LogP contribution in [0.3, 0.4) is 0 Å². The number of carbonyl (C=O) groups excluding carboxylic acids is 1. The van der Waals surface area contributed by atoms with Crippen LogP contribution in [0.1, 0.15) is 23.3 Å². The zero-order valence-corrected chi connectivity index (χ0v) is 18.6. The highest BCUT2D eigenvalue weighted by molar-refractivity contribution is 7.13. The number of nitrogens with two attached hydrogens (primary N) is 1. The lowest BCUT2D eigenvalue weighted by molar-refractivity contribution is 0.0923. The Morgan fingerprint density at radius 2 is 2.25 bits per heavy atom. The van der Waals surface area contributed by atoms with Crippen molar-refractivity contribution >= 4 is 22.9 Å². The molecule has 1 saturated heterocycles. The number of benzene rings is 1. The van der Waals surface area contributed by atoms with Gasteiger partial charge in [0.05, 0.1) is 25.6 Å². The summed E-state index contributed by atoms with van der Waals surface area (Å²) in [6, 6.07) is 4.21. The van der Waals surface area contributed by atoms with Gasteiger partial charge in [-0.1, -0.05) is 0 Å². The molecule has 0 spiro atoms. The van der Waals surface area contributed by atoms with Crippen LogP contribution in [-0.4, -0.2) is 53.2 Å². The molecule has 1 fully saturated rings. The average Bonchev–Trinajstić information content (AvgIpc) is 3.38. The molecule has 0 radical (unpaired) electrons. The monoisotopic (exact) mass is 465 g/mol. The number of hydrogen-bond donors (Lipinski definition) is 2. The summed E-state index contributed by atoms with van der Waals surface area (Å²) < 4.78 is 38.1. The first-order valence-corrected chi connectivity index (χ1v) is 10.8. The molecular formula is C21H25F2N5O3S. The van der Waals surface area contributed by atoms with Gasteiger partial charge < -0.3 is 20.5 Å². The molecule has 172 valence electrons. The summed E-state index contributed by atoms with van der Waals surface area (Å²) in [5.41, 5.74) is 6.55. The van der Waals surface area contributed by atoms with E-state index in [-0.39, 0.29) is 24.2 Å². The van der Waals surface area contributed by atoms with Crippen LogP contribution in [0.2, 0.25) is 0 Å². The Balaban J connectivity index is 0.000000269. The molecule has 0 aliphatic carbocycles. The van der Waals surface area contributed by atoms with Crippen molar-refractivity contribution in [2.45, 2.75) is 25.1 Å². The number of aryl methyl sites for hydroxylation is 1. The second kappa shape index (κ2) is 11.1. The van der Waals surface area contributed by atoms with E-state index in [0.717, 1.165) is 12.8 Å². The van der Waals surface area contributed by atoms with Gasteiger partial charge in [-0.25, -0.2) is 13.8 Å². The molecule has 1 aliphatic heterocycles. The van der Waals surface area contributed by atoms with Crippen molar-refractivity contribution in [3.8, 4) is 16.3 Å². The van der Waals surface area contributed by atoms with Gasteiger partial charge in [-0.05, 0) is 25.0 Å². The predicted molar refractivity (Wildman–Crippen MR) is 118 cm³/mol. The Bertz CT molecular complexity index is 1030. The fourth-order valence-corrected chi connectivity index (χ4v) is 3.73. The van der Waals surface area contributed by atoms with Crippen molar-refractivity contribution in [3.05, 3.63) is 47.5 Å². The largest absolute Gasteiger partial charge is 0.497 e. The molecule has 8 nitrogen and oxygen atoms in total. The molecule has 1 amide bonds. The molecule has 1 aromatic carbocycles. The predicted octanol–water partition coefficient (Wildman–Crippen LogP) is 3.41. The number of nitrogens with one attached hydrogen (secondary N) is 1. The third kappa shape index (κ3) is 6.31. The van der Waals surface area contributed by atoms with Crippen LogP contribution in [0, 0.1) is 5.82 Å². The number of aromatic nitrogens is 3. The minimum Gasteiger partial charge on any atom is -0.497 e. The summed E-state index contributed by atoms with van der Waals surface area (Å²) in [5.74, 6) is -0.385. The van der Waals surface area contributed by atoms with Crippen LogP contribution in [0.15, 0.2) is 36.0 Å². The Morgan fingerprint density at radius 3 is 2.94 bits per heavy atom. The van der Waals surface area contributed by atoms with E-state index in [1.807, 2.05) is 0 Å². The summed E-state index contributed by atoms with van der Waals surface area (Å²) in [4.78, 5) is 16.3. The molecule has 4 rings (SSSR count). The number of anilines is 1. The van der Waals surface area contributed by atoms with Crippen molar-refractivity contribution in [1.29, 1.82) is 0 Å². The van der Waals surface area contributed by atoms with Crippen molar-refractivity contribution < 1.29 is 23.0 Å². The van der Waals surface area contributed by atoms with E-state index in [4.69, 9.17) is 15.2 Å². The molecule has 3 aromatic rings. The fourth-order valence-electron chi connectivity index (χ4n) is 2.90. The van der Waals surface area contributed by atoms with Crippen molar-refractivity contribution in [2.75, 3.05) is 25.6 Å². The van der Waals surface area contributed by atoms with Crippen LogP contribution in [0.4, 0.5) is 14.5 Å². The zero-order chi connectivity index (χ0) is 23.1. The molecule has 32 heavy (non-hydrogen) atoms. The number of rotatable bonds is 4. The topological polar surface area (TPSA) is 104 Å². The van der Waals surface area contributed by atoms with Gasteiger partial charge >= 0.3 is 0 Å². The van der Waals surface area contributed by atoms with Crippen molar-refractivity contribution in [1.82, 2.24) is 14.8 Å². The summed E-state index contributed by atoms with van der Waals surface area (Å²) in [6.07, 6.45) is 3.90. The third-order valence-electron chi connectivity index (χ3n) is 4.67. The van der Waals surface area contributed by atoms with Crippen LogP contribution in [-0.2, 0) is 11.8 Å². The first-order valence-electron chi connectivity index (χ1n) is 9.94. The molecule has 3 heterocycles. The van der Waals surface area contributed by atoms with Gasteiger partial charge in [0.25, 0.3) is 5.91 Å². The number of amides is 1. The lowest BCUT2D eigenvalue weighted by Gasteiger charge is -2.10. The molecule has 2 unspecified atom stereocenters. The molecule has 0 saturated carbocycles. The maximum absolute atomic E-state index is 14.1. The number of thiazole rings is 1. The Morgan fingerprint density at radius 1 is 1.44 bits per heavy atom. The third-order valence-corrected chi connectivity index (χ3v) is 5.55. The van der Waals surface area contributed by atoms with E-state index in [1.54, 1.807) is 35.4 Å². The lowest BCUT2D eigenvalue weighted by atomic mass is 10.1. The Hall–Kier alpha value is -2.89. The molecule has 0 bridgehead atoms. The number of halogens is 2. The van der Waals surface area contributed by atoms with Crippen LogP contribution >= 0.6 is 11.3 Å². The number of carbonyl (C=O) groups is 1. The highest BCUT2D eigenvalue weighted by Crippen LogP contribution is 2.29. The second-order valence-corrected chi connectivity index (χ2v) is 8.00. The standard InChI is InChI=1S/C15H13FN4O2S.C6H12FNO/c1-20-7-9(6-17-20)18-14(21)13-8-23-15(19-13)11-4-3-10(22-2)5-12(11)16;7-5-4-9-3-1-2-6(5)8/h3-8H,1-2H3,(H,18,21);5-6H,1-4,8H2. The maximum Gasteiger partial charge on any atom is 0.275 e. The van der Waals surface area contributed by atoms with E-state index >= 15 is 0 Å². The summed E-state index contributed by atoms with van der Waals surface area (Å²) >= 11 is 1.20. The second-order valence-electron chi connectivity index (χ2n) is 7.14. The van der Waals surface area contributed by atoms with Gasteiger partial charge in [0.2, 0.25) is 0 Å². The number of nitrogens with zero attached hydrogens (tertiary/aromatic N) is 3. The zero-order valence-electron chi connectivity index (χ0n) is 17.8. The first kappa shape index (κ1) is 23.8. The van der Waals surface area contributed by atoms with E-state index in [1.165, 1.54) is 30.7 Å². The molecule has 1 aliphatic rings. The smallest absolute Gasteiger partial charge is 0.275 e. The van der Waals surface area contributed by atoms with Gasteiger partial charge in [-0.2, -0.15) is 5.10 Å². The summed E-state index contributed by atoms with van der Waals surface area (Å²) in [7, 11) is 3.22. The van der Waals surface area contributed by atoms with Crippen molar-refractivity contribution in [3.63, 3.8) is 0 Å². The highest BCUT2D eigenvalue weighted by atomic mass is 32.1. The molecule has 11 heteroatoms.